The Balaban J connectivity index is 1.92. The molecule has 0 bridgehead atoms. The summed E-state index contributed by atoms with van der Waals surface area (Å²) in [6.45, 7) is 0.731. The standard InChI is InChI=1S/C15H14Cl3N3O/c1-21(8-10-4-5-11(16)7-12(10)17)9-14(22)20-13-3-2-6-19-15(13)18/h2-7H,8-9H2,1H3,(H,20,22). The van der Waals surface area contributed by atoms with Crippen LogP contribution in [0, 0.1) is 0 Å². The second kappa shape index (κ2) is 7.79. The minimum absolute atomic E-state index is 0.178. The van der Waals surface area contributed by atoms with Gasteiger partial charge in [-0.3, -0.25) is 9.69 Å². The second-order valence-electron chi connectivity index (χ2n) is 4.80. The van der Waals surface area contributed by atoms with Crippen LogP contribution in [0.1, 0.15) is 5.56 Å². The number of aromatic nitrogens is 1. The van der Waals surface area contributed by atoms with Gasteiger partial charge < -0.3 is 5.32 Å². The van der Waals surface area contributed by atoms with Gasteiger partial charge in [0, 0.05) is 22.8 Å². The molecule has 1 aromatic carbocycles. The fourth-order valence-electron chi connectivity index (χ4n) is 1.91. The molecule has 1 heterocycles. The summed E-state index contributed by atoms with van der Waals surface area (Å²) in [5.41, 5.74) is 1.40. The highest BCUT2D eigenvalue weighted by Crippen LogP contribution is 2.22. The molecular formula is C15H14Cl3N3O. The van der Waals surface area contributed by atoms with Crippen LogP contribution >= 0.6 is 34.8 Å². The van der Waals surface area contributed by atoms with Gasteiger partial charge in [0.15, 0.2) is 5.15 Å². The molecule has 0 aliphatic rings. The van der Waals surface area contributed by atoms with Crippen LogP contribution in [-0.2, 0) is 11.3 Å². The molecule has 2 rings (SSSR count). The minimum atomic E-state index is -0.178. The maximum absolute atomic E-state index is 12.0. The van der Waals surface area contributed by atoms with E-state index in [0.29, 0.717) is 22.3 Å². The SMILES string of the molecule is CN(CC(=O)Nc1cccnc1Cl)Cc1ccc(Cl)cc1Cl. The molecule has 0 spiro atoms. The van der Waals surface area contributed by atoms with Crippen molar-refractivity contribution in [1.29, 1.82) is 0 Å². The van der Waals surface area contributed by atoms with Gasteiger partial charge in [-0.1, -0.05) is 40.9 Å². The molecular weight excluding hydrogens is 345 g/mol. The van der Waals surface area contributed by atoms with Crippen molar-refractivity contribution in [2.45, 2.75) is 6.54 Å². The molecule has 1 aromatic heterocycles. The van der Waals surface area contributed by atoms with Crippen molar-refractivity contribution in [3.8, 4) is 0 Å². The van der Waals surface area contributed by atoms with Gasteiger partial charge in [0.05, 0.1) is 12.2 Å². The number of amides is 1. The van der Waals surface area contributed by atoms with Crippen molar-refractivity contribution >= 4 is 46.4 Å². The van der Waals surface area contributed by atoms with Crippen molar-refractivity contribution in [1.82, 2.24) is 9.88 Å². The topological polar surface area (TPSA) is 45.2 Å². The van der Waals surface area contributed by atoms with Crippen LogP contribution in [0.3, 0.4) is 0 Å². The number of carbonyl (C=O) groups excluding carboxylic acids is 1. The summed E-state index contributed by atoms with van der Waals surface area (Å²) in [5, 5.41) is 4.15. The van der Waals surface area contributed by atoms with Crippen LogP contribution in [0.4, 0.5) is 5.69 Å². The molecule has 22 heavy (non-hydrogen) atoms. The number of anilines is 1. The van der Waals surface area contributed by atoms with E-state index in [4.69, 9.17) is 34.8 Å². The second-order valence-corrected chi connectivity index (χ2v) is 6.00. The Labute approximate surface area is 144 Å². The van der Waals surface area contributed by atoms with Gasteiger partial charge in [-0.15, -0.1) is 0 Å². The van der Waals surface area contributed by atoms with E-state index in [1.807, 2.05) is 18.0 Å². The number of benzene rings is 1. The van der Waals surface area contributed by atoms with Gasteiger partial charge in [0.2, 0.25) is 5.91 Å². The fraction of sp³-hybridized carbons (Fsp3) is 0.200. The van der Waals surface area contributed by atoms with Crippen LogP contribution < -0.4 is 5.32 Å². The fourth-order valence-corrected chi connectivity index (χ4v) is 2.55. The first-order valence-electron chi connectivity index (χ1n) is 6.48. The summed E-state index contributed by atoms with van der Waals surface area (Å²) in [4.78, 5) is 17.8. The Morgan fingerprint density at radius 2 is 2.05 bits per heavy atom. The van der Waals surface area contributed by atoms with Crippen molar-refractivity contribution in [3.05, 3.63) is 57.3 Å². The number of nitrogens with one attached hydrogen (secondary N) is 1. The molecule has 0 unspecified atom stereocenters. The van der Waals surface area contributed by atoms with Gasteiger partial charge in [0.25, 0.3) is 0 Å². The number of carbonyl (C=O) groups is 1. The van der Waals surface area contributed by atoms with E-state index in [1.165, 1.54) is 0 Å². The highest BCUT2D eigenvalue weighted by atomic mass is 35.5. The van der Waals surface area contributed by atoms with E-state index in [-0.39, 0.29) is 17.6 Å². The van der Waals surface area contributed by atoms with Crippen molar-refractivity contribution in [2.75, 3.05) is 18.9 Å². The molecule has 1 N–H and O–H groups in total. The van der Waals surface area contributed by atoms with E-state index in [1.54, 1.807) is 30.5 Å². The molecule has 7 heteroatoms. The van der Waals surface area contributed by atoms with Gasteiger partial charge in [-0.25, -0.2) is 4.98 Å². The molecule has 0 radical (unpaired) electrons. The largest absolute Gasteiger partial charge is 0.322 e. The Bertz CT molecular complexity index is 679. The third kappa shape index (κ3) is 4.85. The van der Waals surface area contributed by atoms with Gasteiger partial charge in [0.1, 0.15) is 0 Å². The third-order valence-electron chi connectivity index (χ3n) is 2.90. The molecule has 0 saturated carbocycles. The zero-order valence-corrected chi connectivity index (χ0v) is 14.1. The molecule has 0 aliphatic carbocycles. The smallest absolute Gasteiger partial charge is 0.238 e. The summed E-state index contributed by atoms with van der Waals surface area (Å²) >= 11 is 17.9. The summed E-state index contributed by atoms with van der Waals surface area (Å²) in [7, 11) is 1.83. The molecule has 2 aromatic rings. The van der Waals surface area contributed by atoms with Gasteiger partial charge in [-0.2, -0.15) is 0 Å². The van der Waals surface area contributed by atoms with E-state index < -0.39 is 0 Å². The number of halogens is 3. The number of rotatable bonds is 5. The summed E-state index contributed by atoms with van der Waals surface area (Å²) in [6.07, 6.45) is 1.56. The van der Waals surface area contributed by atoms with Crippen LogP contribution in [0.5, 0.6) is 0 Å². The average molecular weight is 359 g/mol. The average Bonchev–Trinajstić information content (AvgIpc) is 2.44. The van der Waals surface area contributed by atoms with Gasteiger partial charge >= 0.3 is 0 Å². The molecule has 4 nitrogen and oxygen atoms in total. The lowest BCUT2D eigenvalue weighted by Crippen LogP contribution is -2.30. The summed E-state index contributed by atoms with van der Waals surface area (Å²) in [5.74, 6) is -0.178. The zero-order valence-electron chi connectivity index (χ0n) is 11.8. The maximum Gasteiger partial charge on any atom is 0.238 e. The van der Waals surface area contributed by atoms with Crippen LogP contribution in [0.25, 0.3) is 0 Å². The highest BCUT2D eigenvalue weighted by Gasteiger charge is 2.11. The number of hydrogen-bond acceptors (Lipinski definition) is 3. The van der Waals surface area contributed by atoms with Crippen molar-refractivity contribution in [2.24, 2.45) is 0 Å². The maximum atomic E-state index is 12.0. The number of nitrogens with zero attached hydrogens (tertiary/aromatic N) is 2. The molecule has 0 saturated heterocycles. The van der Waals surface area contributed by atoms with E-state index in [0.717, 1.165) is 5.56 Å². The lowest BCUT2D eigenvalue weighted by molar-refractivity contribution is -0.117. The van der Waals surface area contributed by atoms with Crippen molar-refractivity contribution in [3.63, 3.8) is 0 Å². The molecule has 0 atom stereocenters. The van der Waals surface area contributed by atoms with E-state index >= 15 is 0 Å². The molecule has 0 aliphatic heterocycles. The van der Waals surface area contributed by atoms with Crippen molar-refractivity contribution < 1.29 is 4.79 Å². The normalized spacial score (nSPS) is 10.8. The number of likely N-dealkylation sites (N-methyl/N-ethyl adjacent to an activating group) is 1. The Morgan fingerprint density at radius 1 is 1.27 bits per heavy atom. The van der Waals surface area contributed by atoms with Crippen LogP contribution in [-0.4, -0.2) is 29.4 Å². The monoisotopic (exact) mass is 357 g/mol. The molecule has 0 fully saturated rings. The zero-order chi connectivity index (χ0) is 16.1. The predicted octanol–water partition coefficient (Wildman–Crippen LogP) is 4.11. The summed E-state index contributed by atoms with van der Waals surface area (Å²) < 4.78 is 0. The first-order chi connectivity index (χ1) is 10.5. The highest BCUT2D eigenvalue weighted by molar-refractivity contribution is 6.35. The van der Waals surface area contributed by atoms with Gasteiger partial charge in [-0.05, 0) is 36.9 Å². The first-order valence-corrected chi connectivity index (χ1v) is 7.62. The lowest BCUT2D eigenvalue weighted by Gasteiger charge is -2.17. The Kier molecular flexibility index (Phi) is 6.03. The third-order valence-corrected chi connectivity index (χ3v) is 3.79. The number of pyridine rings is 1. The minimum Gasteiger partial charge on any atom is -0.322 e. The summed E-state index contributed by atoms with van der Waals surface area (Å²) in [6, 6.07) is 8.70. The lowest BCUT2D eigenvalue weighted by atomic mass is 10.2. The number of hydrogen-bond donors (Lipinski definition) is 1. The Hall–Kier alpha value is -1.33. The quantitative estimate of drug-likeness (QED) is 0.818. The van der Waals surface area contributed by atoms with Crippen LogP contribution in [0.2, 0.25) is 15.2 Å². The molecule has 1 amide bonds. The first kappa shape index (κ1) is 17.0. The van der Waals surface area contributed by atoms with E-state index in [9.17, 15) is 4.79 Å². The predicted molar refractivity (Wildman–Crippen MR) is 90.7 cm³/mol. The van der Waals surface area contributed by atoms with Crippen LogP contribution in [0.15, 0.2) is 36.5 Å². The Morgan fingerprint density at radius 3 is 2.73 bits per heavy atom. The van der Waals surface area contributed by atoms with E-state index in [2.05, 4.69) is 10.3 Å². The molecule has 116 valence electrons.